The lowest BCUT2D eigenvalue weighted by molar-refractivity contribution is 0.578. The Morgan fingerprint density at radius 1 is 0.655 bits per heavy atom. The Labute approximate surface area is 175 Å². The molecule has 0 amide bonds. The summed E-state index contributed by atoms with van der Waals surface area (Å²) in [6, 6.07) is 0. The second-order valence-corrected chi connectivity index (χ2v) is 7.56. The minimum atomic E-state index is 0.179. The summed E-state index contributed by atoms with van der Waals surface area (Å²) < 4.78 is 3.45. The molecule has 29 heavy (non-hydrogen) atoms. The van der Waals surface area contributed by atoms with Crippen LogP contribution in [0.5, 0.6) is 0 Å². The van der Waals surface area contributed by atoms with E-state index in [1.54, 1.807) is 9.36 Å². The van der Waals surface area contributed by atoms with Gasteiger partial charge in [0.05, 0.1) is 0 Å². The Morgan fingerprint density at radius 2 is 1.10 bits per heavy atom. The zero-order valence-corrected chi connectivity index (χ0v) is 19.5. The molecule has 2 rings (SSSR count). The van der Waals surface area contributed by atoms with Crippen molar-refractivity contribution < 1.29 is 0 Å². The van der Waals surface area contributed by atoms with Crippen molar-refractivity contribution in [2.45, 2.75) is 112 Å². The van der Waals surface area contributed by atoms with E-state index in [2.05, 4.69) is 44.8 Å². The number of aryl methyl sites for hydroxylation is 4. The molecule has 2 aromatic heterocycles. The fourth-order valence-electron chi connectivity index (χ4n) is 3.56. The summed E-state index contributed by atoms with van der Waals surface area (Å²) in [4.78, 5) is 23.8. The molecule has 0 saturated carbocycles. The van der Waals surface area contributed by atoms with E-state index in [0.29, 0.717) is 0 Å². The third-order valence-electron chi connectivity index (χ3n) is 5.31. The van der Waals surface area contributed by atoms with Gasteiger partial charge in [0.1, 0.15) is 0 Å². The molecule has 0 aliphatic rings. The molecule has 0 atom stereocenters. The third-order valence-corrected chi connectivity index (χ3v) is 5.31. The molecule has 166 valence electrons. The maximum absolute atomic E-state index is 12.0. The normalized spacial score (nSPS) is 10.8. The predicted molar refractivity (Wildman–Crippen MR) is 122 cm³/mol. The molecule has 2 heterocycles. The van der Waals surface area contributed by atoms with E-state index >= 15 is 0 Å². The molecule has 0 radical (unpaired) electrons. The van der Waals surface area contributed by atoms with Gasteiger partial charge >= 0.3 is 0 Å². The van der Waals surface area contributed by atoms with Crippen LogP contribution in [0.1, 0.15) is 96.2 Å². The van der Waals surface area contributed by atoms with Crippen LogP contribution in [0.25, 0.3) is 0 Å². The van der Waals surface area contributed by atoms with Gasteiger partial charge in [-0.25, -0.2) is 0 Å². The minimum Gasteiger partial charge on any atom is -0.299 e. The fraction of sp³-hybridized carbons (Fsp3) is 0.739. The van der Waals surface area contributed by atoms with Gasteiger partial charge in [-0.3, -0.25) is 29.2 Å². The number of H-pyrrole nitrogens is 2. The molecule has 0 spiro atoms. The van der Waals surface area contributed by atoms with Crippen molar-refractivity contribution in [3.63, 3.8) is 0 Å². The molecular weight excluding hydrogens is 364 g/mol. The van der Waals surface area contributed by atoms with Crippen LogP contribution in [0.2, 0.25) is 0 Å². The number of nitrogens with zero attached hydrogens (tertiary/aromatic N) is 2. The van der Waals surface area contributed by atoms with Crippen LogP contribution in [0, 0.1) is 0 Å². The standard InChI is InChI=1S/C12H22N2O.C11H20N2O/c1-4-7-8-10-11(6-3)13-14(9-5-2)12(10)15;1-4-7-8-9-10(5-2)12-13(6-3)11(9)14/h13H,4-9H2,1-3H3;12H,4-8H2,1-3H3. The summed E-state index contributed by atoms with van der Waals surface area (Å²) in [7, 11) is 0. The van der Waals surface area contributed by atoms with Crippen LogP contribution in [0.15, 0.2) is 9.59 Å². The van der Waals surface area contributed by atoms with Crippen molar-refractivity contribution in [3.8, 4) is 0 Å². The first kappa shape index (κ1) is 25.1. The van der Waals surface area contributed by atoms with Crippen molar-refractivity contribution in [2.75, 3.05) is 0 Å². The monoisotopic (exact) mass is 406 g/mol. The van der Waals surface area contributed by atoms with Gasteiger partial charge in [0.15, 0.2) is 0 Å². The highest BCUT2D eigenvalue weighted by molar-refractivity contribution is 5.18. The number of nitrogens with one attached hydrogen (secondary N) is 2. The lowest BCUT2D eigenvalue weighted by Crippen LogP contribution is -2.18. The first-order valence-corrected chi connectivity index (χ1v) is 11.6. The van der Waals surface area contributed by atoms with Crippen molar-refractivity contribution in [2.24, 2.45) is 0 Å². The molecule has 2 N–H and O–H groups in total. The summed E-state index contributed by atoms with van der Waals surface area (Å²) in [5, 5.41) is 6.38. The molecule has 0 fully saturated rings. The smallest absolute Gasteiger partial charge is 0.269 e. The van der Waals surface area contributed by atoms with Gasteiger partial charge < -0.3 is 0 Å². The predicted octanol–water partition coefficient (Wildman–Crippen LogP) is 4.59. The van der Waals surface area contributed by atoms with Gasteiger partial charge in [-0.1, -0.05) is 47.5 Å². The van der Waals surface area contributed by atoms with Crippen LogP contribution >= 0.6 is 0 Å². The molecule has 0 bridgehead atoms. The number of hydrogen-bond acceptors (Lipinski definition) is 2. The van der Waals surface area contributed by atoms with Gasteiger partial charge in [0.25, 0.3) is 11.1 Å². The quantitative estimate of drug-likeness (QED) is 0.572. The van der Waals surface area contributed by atoms with Gasteiger partial charge in [-0.2, -0.15) is 0 Å². The number of hydrogen-bond donors (Lipinski definition) is 2. The average Bonchev–Trinajstić information content (AvgIpc) is 3.21. The summed E-state index contributed by atoms with van der Waals surface area (Å²) in [6.45, 7) is 14.1. The van der Waals surface area contributed by atoms with E-state index in [0.717, 1.165) is 93.4 Å². The van der Waals surface area contributed by atoms with Crippen LogP contribution in [0.4, 0.5) is 0 Å². The maximum atomic E-state index is 12.0. The summed E-state index contributed by atoms with van der Waals surface area (Å²) >= 11 is 0. The summed E-state index contributed by atoms with van der Waals surface area (Å²) in [5.41, 5.74) is 4.62. The van der Waals surface area contributed by atoms with Crippen molar-refractivity contribution >= 4 is 0 Å². The molecule has 6 heteroatoms. The first-order valence-electron chi connectivity index (χ1n) is 11.6. The molecule has 0 unspecified atom stereocenters. The number of aromatic nitrogens is 4. The SMILES string of the molecule is CCCCc1c(CC)[nH]n(CC)c1=O.CCCCc1c(CC)[nH]n(CCC)c1=O. The van der Waals surface area contributed by atoms with Crippen molar-refractivity contribution in [1.29, 1.82) is 0 Å². The van der Waals surface area contributed by atoms with Crippen LogP contribution < -0.4 is 11.1 Å². The van der Waals surface area contributed by atoms with Crippen molar-refractivity contribution in [3.05, 3.63) is 43.2 Å². The fourth-order valence-corrected chi connectivity index (χ4v) is 3.56. The second kappa shape index (κ2) is 13.3. The Kier molecular flexibility index (Phi) is 11.5. The topological polar surface area (TPSA) is 75.6 Å². The second-order valence-electron chi connectivity index (χ2n) is 7.56. The van der Waals surface area contributed by atoms with E-state index in [1.165, 1.54) is 0 Å². The summed E-state index contributed by atoms with van der Waals surface area (Å²) in [6.07, 6.45) is 9.16. The van der Waals surface area contributed by atoms with Crippen molar-refractivity contribution in [1.82, 2.24) is 19.6 Å². The van der Waals surface area contributed by atoms with Crippen LogP contribution in [-0.4, -0.2) is 19.6 Å². The van der Waals surface area contributed by atoms with Crippen LogP contribution in [0.3, 0.4) is 0 Å². The minimum absolute atomic E-state index is 0.179. The number of aromatic amines is 2. The van der Waals surface area contributed by atoms with Gasteiger partial charge in [0, 0.05) is 35.6 Å². The number of rotatable bonds is 11. The Morgan fingerprint density at radius 3 is 1.48 bits per heavy atom. The summed E-state index contributed by atoms with van der Waals surface area (Å²) in [5.74, 6) is 0. The Bertz CT molecular complexity index is 823. The Hall–Kier alpha value is -1.98. The van der Waals surface area contributed by atoms with E-state index in [-0.39, 0.29) is 11.1 Å². The molecule has 0 aromatic carbocycles. The van der Waals surface area contributed by atoms with Crippen LogP contribution in [-0.2, 0) is 38.8 Å². The first-order chi connectivity index (χ1) is 14.0. The van der Waals surface area contributed by atoms with Gasteiger partial charge in [-0.05, 0) is 51.9 Å². The highest BCUT2D eigenvalue weighted by Crippen LogP contribution is 2.08. The lowest BCUT2D eigenvalue weighted by Gasteiger charge is -1.96. The zero-order valence-electron chi connectivity index (χ0n) is 19.5. The Balaban J connectivity index is 0.000000291. The van der Waals surface area contributed by atoms with Gasteiger partial charge in [0.2, 0.25) is 0 Å². The zero-order chi connectivity index (χ0) is 21.8. The van der Waals surface area contributed by atoms with Gasteiger partial charge in [-0.15, -0.1) is 0 Å². The molecular formula is C23H42N4O2. The van der Waals surface area contributed by atoms with E-state index in [1.807, 2.05) is 6.92 Å². The van der Waals surface area contributed by atoms with E-state index in [9.17, 15) is 9.59 Å². The third kappa shape index (κ3) is 6.79. The number of unbranched alkanes of at least 4 members (excludes halogenated alkanes) is 2. The largest absolute Gasteiger partial charge is 0.299 e. The molecule has 0 aliphatic carbocycles. The highest BCUT2D eigenvalue weighted by Gasteiger charge is 2.12. The molecule has 0 aliphatic heterocycles. The van der Waals surface area contributed by atoms with E-state index < -0.39 is 0 Å². The van der Waals surface area contributed by atoms with E-state index in [4.69, 9.17) is 0 Å². The average molecular weight is 407 g/mol. The lowest BCUT2D eigenvalue weighted by atomic mass is 10.1. The maximum Gasteiger partial charge on any atom is 0.269 e. The highest BCUT2D eigenvalue weighted by atomic mass is 16.1. The molecule has 6 nitrogen and oxygen atoms in total. The molecule has 2 aromatic rings. The molecule has 0 saturated heterocycles.